The van der Waals surface area contributed by atoms with Crippen LogP contribution in [0.1, 0.15) is 16.7 Å². The smallest absolute Gasteiger partial charge is 0.145 e. The molecule has 0 saturated heterocycles. The normalized spacial score (nSPS) is 10.1. The van der Waals surface area contributed by atoms with Crippen molar-refractivity contribution in [2.45, 2.75) is 13.3 Å². The summed E-state index contributed by atoms with van der Waals surface area (Å²) in [4.78, 5) is 0. The van der Waals surface area contributed by atoms with Gasteiger partial charge in [0.25, 0.3) is 0 Å². The number of nitrogens with zero attached hydrogens (tertiary/aromatic N) is 1. The van der Waals surface area contributed by atoms with Gasteiger partial charge in [-0.25, -0.2) is 0 Å². The minimum Gasteiger partial charge on any atom is -0.456 e. The molecule has 0 aliphatic heterocycles. The van der Waals surface area contributed by atoms with E-state index in [4.69, 9.17) is 21.4 Å². The molecule has 0 aliphatic rings. The standard InChI is InChI=1S/C16H14ClNO2/c1-11-8-14(3-4-15(11)17)20-16-5-2-12(6-7-19)9-13(16)10-18/h2-5,8-9,19H,6-7H2,1H3. The van der Waals surface area contributed by atoms with E-state index in [1.165, 1.54) is 0 Å². The van der Waals surface area contributed by atoms with Gasteiger partial charge in [0.05, 0.1) is 5.56 Å². The molecule has 0 saturated carbocycles. The number of aliphatic hydroxyl groups excluding tert-OH is 1. The minimum atomic E-state index is 0.0570. The highest BCUT2D eigenvalue weighted by atomic mass is 35.5. The summed E-state index contributed by atoms with van der Waals surface area (Å²) in [6, 6.07) is 12.8. The zero-order valence-corrected chi connectivity index (χ0v) is 11.8. The fourth-order valence-corrected chi connectivity index (χ4v) is 1.96. The summed E-state index contributed by atoms with van der Waals surface area (Å²) in [6.07, 6.45) is 0.523. The van der Waals surface area contributed by atoms with Gasteiger partial charge in [0, 0.05) is 11.6 Å². The van der Waals surface area contributed by atoms with E-state index in [9.17, 15) is 5.26 Å². The molecule has 102 valence electrons. The van der Waals surface area contributed by atoms with Crippen LogP contribution >= 0.6 is 11.6 Å². The first kappa shape index (κ1) is 14.4. The summed E-state index contributed by atoms with van der Waals surface area (Å²) < 4.78 is 5.73. The molecule has 0 fully saturated rings. The van der Waals surface area contributed by atoms with Crippen LogP contribution < -0.4 is 4.74 Å². The van der Waals surface area contributed by atoms with Gasteiger partial charge in [0.1, 0.15) is 17.6 Å². The maximum Gasteiger partial charge on any atom is 0.145 e. The molecule has 3 nitrogen and oxygen atoms in total. The molecule has 2 rings (SSSR count). The number of aryl methyl sites for hydroxylation is 1. The maximum absolute atomic E-state index is 9.17. The SMILES string of the molecule is Cc1cc(Oc2ccc(CCO)cc2C#N)ccc1Cl. The van der Waals surface area contributed by atoms with Gasteiger partial charge in [0.2, 0.25) is 0 Å². The van der Waals surface area contributed by atoms with Crippen molar-refractivity contribution in [2.75, 3.05) is 6.61 Å². The Morgan fingerprint density at radius 3 is 2.70 bits per heavy atom. The van der Waals surface area contributed by atoms with Crippen molar-refractivity contribution in [1.82, 2.24) is 0 Å². The second kappa shape index (κ2) is 6.42. The Bertz CT molecular complexity index is 662. The topological polar surface area (TPSA) is 53.2 Å². The lowest BCUT2D eigenvalue weighted by atomic mass is 10.1. The van der Waals surface area contributed by atoms with Gasteiger partial charge in [-0.05, 0) is 54.8 Å². The van der Waals surface area contributed by atoms with Crippen molar-refractivity contribution < 1.29 is 9.84 Å². The van der Waals surface area contributed by atoms with Crippen LogP contribution in [0.5, 0.6) is 11.5 Å². The first-order valence-electron chi connectivity index (χ1n) is 6.22. The van der Waals surface area contributed by atoms with Crippen molar-refractivity contribution >= 4 is 11.6 Å². The molecule has 1 N–H and O–H groups in total. The van der Waals surface area contributed by atoms with Crippen LogP contribution in [-0.2, 0) is 6.42 Å². The summed E-state index contributed by atoms with van der Waals surface area (Å²) in [6.45, 7) is 1.95. The van der Waals surface area contributed by atoms with E-state index in [0.29, 0.717) is 28.5 Å². The Labute approximate surface area is 123 Å². The fourth-order valence-electron chi connectivity index (χ4n) is 1.85. The molecule has 0 aromatic heterocycles. The first-order chi connectivity index (χ1) is 9.63. The molecular formula is C16H14ClNO2. The predicted octanol–water partition coefficient (Wildman–Crippen LogP) is 3.85. The van der Waals surface area contributed by atoms with E-state index < -0.39 is 0 Å². The fraction of sp³-hybridized carbons (Fsp3) is 0.188. The summed E-state index contributed by atoms with van der Waals surface area (Å²) in [5, 5.41) is 18.8. The van der Waals surface area contributed by atoms with Crippen LogP contribution in [0.2, 0.25) is 5.02 Å². The second-order valence-electron chi connectivity index (χ2n) is 4.43. The Morgan fingerprint density at radius 2 is 2.05 bits per heavy atom. The van der Waals surface area contributed by atoms with Gasteiger partial charge < -0.3 is 9.84 Å². The highest BCUT2D eigenvalue weighted by Crippen LogP contribution is 2.28. The van der Waals surface area contributed by atoms with Gasteiger partial charge in [-0.15, -0.1) is 0 Å². The van der Waals surface area contributed by atoms with Crippen molar-refractivity contribution in [2.24, 2.45) is 0 Å². The van der Waals surface area contributed by atoms with Gasteiger partial charge >= 0.3 is 0 Å². The molecule has 0 unspecified atom stereocenters. The summed E-state index contributed by atoms with van der Waals surface area (Å²) in [7, 11) is 0. The number of hydrogen-bond donors (Lipinski definition) is 1. The summed E-state index contributed by atoms with van der Waals surface area (Å²) in [5.41, 5.74) is 2.27. The zero-order chi connectivity index (χ0) is 14.5. The lowest BCUT2D eigenvalue weighted by molar-refractivity contribution is 0.299. The second-order valence-corrected chi connectivity index (χ2v) is 4.84. The predicted molar refractivity (Wildman–Crippen MR) is 78.2 cm³/mol. The molecule has 2 aromatic rings. The van der Waals surface area contributed by atoms with Crippen LogP contribution in [0.15, 0.2) is 36.4 Å². The van der Waals surface area contributed by atoms with Crippen molar-refractivity contribution in [3.8, 4) is 17.6 Å². The van der Waals surface area contributed by atoms with E-state index >= 15 is 0 Å². The summed E-state index contributed by atoms with van der Waals surface area (Å²) >= 11 is 5.97. The first-order valence-corrected chi connectivity index (χ1v) is 6.59. The van der Waals surface area contributed by atoms with Gasteiger partial charge in [-0.1, -0.05) is 17.7 Å². The molecular weight excluding hydrogens is 274 g/mol. The van der Waals surface area contributed by atoms with E-state index in [1.807, 2.05) is 19.1 Å². The van der Waals surface area contributed by atoms with E-state index in [-0.39, 0.29) is 6.61 Å². The molecule has 0 radical (unpaired) electrons. The maximum atomic E-state index is 9.17. The Balaban J connectivity index is 2.28. The van der Waals surface area contributed by atoms with E-state index in [0.717, 1.165) is 11.1 Å². The van der Waals surface area contributed by atoms with Crippen LogP contribution in [0, 0.1) is 18.3 Å². The molecule has 2 aromatic carbocycles. The van der Waals surface area contributed by atoms with Crippen LogP contribution in [-0.4, -0.2) is 11.7 Å². The largest absolute Gasteiger partial charge is 0.456 e. The lowest BCUT2D eigenvalue weighted by Gasteiger charge is -2.10. The average Bonchev–Trinajstić information content (AvgIpc) is 2.45. The molecule has 0 amide bonds. The number of ether oxygens (including phenoxy) is 1. The highest BCUT2D eigenvalue weighted by molar-refractivity contribution is 6.31. The third-order valence-corrected chi connectivity index (χ3v) is 3.35. The zero-order valence-electron chi connectivity index (χ0n) is 11.1. The number of rotatable bonds is 4. The number of halogens is 1. The molecule has 0 atom stereocenters. The van der Waals surface area contributed by atoms with Crippen molar-refractivity contribution in [3.63, 3.8) is 0 Å². The van der Waals surface area contributed by atoms with Crippen LogP contribution in [0.25, 0.3) is 0 Å². The van der Waals surface area contributed by atoms with Gasteiger partial charge in [-0.3, -0.25) is 0 Å². The molecule has 0 heterocycles. The van der Waals surface area contributed by atoms with Crippen LogP contribution in [0.4, 0.5) is 0 Å². The van der Waals surface area contributed by atoms with Gasteiger partial charge in [0.15, 0.2) is 0 Å². The van der Waals surface area contributed by atoms with E-state index in [1.54, 1.807) is 24.3 Å². The Hall–Kier alpha value is -2.02. The Morgan fingerprint density at radius 1 is 1.25 bits per heavy atom. The molecule has 4 heteroatoms. The number of nitriles is 1. The molecule has 0 spiro atoms. The quantitative estimate of drug-likeness (QED) is 0.929. The van der Waals surface area contributed by atoms with Crippen molar-refractivity contribution in [3.05, 3.63) is 58.1 Å². The summed E-state index contributed by atoms with van der Waals surface area (Å²) in [5.74, 6) is 1.13. The number of benzene rings is 2. The third kappa shape index (κ3) is 3.30. The average molecular weight is 288 g/mol. The van der Waals surface area contributed by atoms with Crippen LogP contribution in [0.3, 0.4) is 0 Å². The van der Waals surface area contributed by atoms with E-state index in [2.05, 4.69) is 6.07 Å². The monoisotopic (exact) mass is 287 g/mol. The lowest BCUT2D eigenvalue weighted by Crippen LogP contribution is -1.94. The number of hydrogen-bond acceptors (Lipinski definition) is 3. The number of aliphatic hydroxyl groups is 1. The third-order valence-electron chi connectivity index (χ3n) is 2.92. The molecule has 0 aliphatic carbocycles. The molecule has 0 bridgehead atoms. The minimum absolute atomic E-state index is 0.0570. The highest BCUT2D eigenvalue weighted by Gasteiger charge is 2.07. The van der Waals surface area contributed by atoms with Gasteiger partial charge in [-0.2, -0.15) is 5.26 Å². The van der Waals surface area contributed by atoms with Crippen molar-refractivity contribution in [1.29, 1.82) is 5.26 Å². The molecule has 20 heavy (non-hydrogen) atoms. The Kier molecular flexibility index (Phi) is 4.62.